The topological polar surface area (TPSA) is 146 Å². The second-order valence-corrected chi connectivity index (χ2v) is 10.2. The molecule has 0 saturated carbocycles. The van der Waals surface area contributed by atoms with Crippen molar-refractivity contribution in [3.05, 3.63) is 54.7 Å². The Labute approximate surface area is 202 Å². The van der Waals surface area contributed by atoms with Crippen molar-refractivity contribution in [2.45, 2.75) is 19.3 Å². The van der Waals surface area contributed by atoms with Gasteiger partial charge in [0.2, 0.25) is 16.0 Å². The molecule has 0 radical (unpaired) electrons. The van der Waals surface area contributed by atoms with Crippen molar-refractivity contribution in [1.29, 1.82) is 0 Å². The normalized spacial score (nSPS) is 14.1. The Kier molecular flexibility index (Phi) is 6.03. The minimum atomic E-state index is -3.49. The van der Waals surface area contributed by atoms with E-state index in [-0.39, 0.29) is 11.6 Å². The number of fused-ring (bicyclic) bond motifs is 1. The number of nitrogens with one attached hydrogen (secondary N) is 3. The molecule has 1 aliphatic rings. The number of carbonyl (C=O) groups excluding carboxylic acids is 1. The van der Waals surface area contributed by atoms with Gasteiger partial charge in [0.25, 0.3) is 5.91 Å². The van der Waals surface area contributed by atoms with E-state index in [1.165, 1.54) is 31.7 Å². The van der Waals surface area contributed by atoms with Crippen LogP contribution in [0.3, 0.4) is 0 Å². The zero-order chi connectivity index (χ0) is 24.4. The first-order valence-corrected chi connectivity index (χ1v) is 13.0. The zero-order valence-corrected chi connectivity index (χ0v) is 19.8. The van der Waals surface area contributed by atoms with Gasteiger partial charge in [-0.05, 0) is 43.0 Å². The molecule has 1 aliphatic heterocycles. The number of pyridine rings is 1. The van der Waals surface area contributed by atoms with Crippen molar-refractivity contribution >= 4 is 44.2 Å². The van der Waals surface area contributed by atoms with Crippen LogP contribution in [-0.2, 0) is 10.0 Å². The molecule has 1 saturated heterocycles. The van der Waals surface area contributed by atoms with Crippen LogP contribution in [0.25, 0.3) is 22.0 Å². The van der Waals surface area contributed by atoms with E-state index in [4.69, 9.17) is 0 Å². The fourth-order valence-electron chi connectivity index (χ4n) is 4.08. The molecule has 0 atom stereocenters. The molecule has 1 fully saturated rings. The zero-order valence-electron chi connectivity index (χ0n) is 19.0. The molecular weight excluding hydrogens is 468 g/mol. The van der Waals surface area contributed by atoms with Crippen LogP contribution in [0.15, 0.2) is 49.1 Å². The summed E-state index contributed by atoms with van der Waals surface area (Å²) in [5.41, 5.74) is 4.24. The molecule has 5 rings (SSSR count). The molecule has 1 aromatic carbocycles. The molecule has 0 spiro atoms. The number of nitrogens with zero attached hydrogens (tertiary/aromatic N) is 5. The van der Waals surface area contributed by atoms with Crippen LogP contribution < -0.4 is 14.9 Å². The van der Waals surface area contributed by atoms with E-state index in [0.29, 0.717) is 11.1 Å². The third-order valence-electron chi connectivity index (χ3n) is 5.74. The molecule has 1 amide bonds. The number of aromatic nitrogens is 5. The van der Waals surface area contributed by atoms with E-state index < -0.39 is 15.9 Å². The summed E-state index contributed by atoms with van der Waals surface area (Å²) in [5, 5.41) is 10.4. The predicted molar refractivity (Wildman–Crippen MR) is 134 cm³/mol. The molecule has 35 heavy (non-hydrogen) atoms. The van der Waals surface area contributed by atoms with Gasteiger partial charge in [-0.2, -0.15) is 5.10 Å². The van der Waals surface area contributed by atoms with Crippen LogP contribution in [-0.4, -0.2) is 58.8 Å². The fraction of sp³-hybridized carbons (Fsp3) is 0.261. The minimum Gasteiger partial charge on any atom is -0.370 e. The predicted octanol–water partition coefficient (Wildman–Crippen LogP) is 3.03. The van der Waals surface area contributed by atoms with Crippen LogP contribution in [0.5, 0.6) is 0 Å². The summed E-state index contributed by atoms with van der Waals surface area (Å²) < 4.78 is 24.8. The summed E-state index contributed by atoms with van der Waals surface area (Å²) >= 11 is 0. The van der Waals surface area contributed by atoms with Crippen LogP contribution >= 0.6 is 0 Å². The number of carbonyl (C=O) groups is 1. The molecular formula is C23H24N8O3S. The first-order valence-electron chi connectivity index (χ1n) is 11.2. The SMILES string of the molecule is CS(=O)(=O)Nc1ncc(NC(=O)c2n[nH]c3ccc(-c4cncc(N5CCCCC5)c4)cc23)cn1. The van der Waals surface area contributed by atoms with Gasteiger partial charge in [-0.3, -0.25) is 19.6 Å². The maximum Gasteiger partial charge on any atom is 0.276 e. The number of sulfonamides is 1. The summed E-state index contributed by atoms with van der Waals surface area (Å²) in [6, 6.07) is 7.90. The van der Waals surface area contributed by atoms with Gasteiger partial charge >= 0.3 is 0 Å². The number of piperidine rings is 1. The van der Waals surface area contributed by atoms with E-state index in [0.717, 1.165) is 41.7 Å². The number of hydrogen-bond donors (Lipinski definition) is 3. The molecule has 0 unspecified atom stereocenters. The smallest absolute Gasteiger partial charge is 0.276 e. The van der Waals surface area contributed by atoms with Gasteiger partial charge in [0, 0.05) is 30.2 Å². The van der Waals surface area contributed by atoms with Crippen molar-refractivity contribution in [2.75, 3.05) is 34.3 Å². The molecule has 3 aromatic heterocycles. The highest BCUT2D eigenvalue weighted by molar-refractivity contribution is 7.91. The van der Waals surface area contributed by atoms with E-state index in [1.54, 1.807) is 0 Å². The Morgan fingerprint density at radius 3 is 2.51 bits per heavy atom. The molecule has 11 nitrogen and oxygen atoms in total. The van der Waals surface area contributed by atoms with Gasteiger partial charge in [0.15, 0.2) is 5.69 Å². The highest BCUT2D eigenvalue weighted by Gasteiger charge is 2.17. The Balaban J connectivity index is 1.38. The van der Waals surface area contributed by atoms with Crippen molar-refractivity contribution in [3.8, 4) is 11.1 Å². The molecule has 4 aromatic rings. The standard InChI is InChI=1S/C23H24N8O3S/c1-35(33,34)30-23-25-12-17(13-26-23)27-22(32)21-19-10-15(5-6-20(19)28-29-21)16-9-18(14-24-11-16)31-7-3-2-4-8-31/h5-6,9-14H,2-4,7-8H2,1H3,(H,27,32)(H,28,29)(H,25,26,30). The molecule has 4 heterocycles. The van der Waals surface area contributed by atoms with Gasteiger partial charge in [-0.25, -0.2) is 18.4 Å². The van der Waals surface area contributed by atoms with Crippen LogP contribution in [0, 0.1) is 0 Å². The van der Waals surface area contributed by atoms with E-state index >= 15 is 0 Å². The third-order valence-corrected chi connectivity index (χ3v) is 6.30. The molecule has 0 aliphatic carbocycles. The lowest BCUT2D eigenvalue weighted by molar-refractivity contribution is 0.102. The van der Waals surface area contributed by atoms with Gasteiger partial charge < -0.3 is 10.2 Å². The minimum absolute atomic E-state index is 0.0826. The summed E-state index contributed by atoms with van der Waals surface area (Å²) in [6.45, 7) is 2.07. The van der Waals surface area contributed by atoms with E-state index in [2.05, 4.69) is 46.2 Å². The van der Waals surface area contributed by atoms with E-state index in [9.17, 15) is 13.2 Å². The van der Waals surface area contributed by atoms with Crippen LogP contribution in [0.4, 0.5) is 17.3 Å². The number of benzene rings is 1. The average molecular weight is 493 g/mol. The van der Waals surface area contributed by atoms with Gasteiger partial charge in [0.1, 0.15) is 0 Å². The number of rotatable bonds is 6. The van der Waals surface area contributed by atoms with Crippen molar-refractivity contribution in [3.63, 3.8) is 0 Å². The quantitative estimate of drug-likeness (QED) is 0.372. The first-order chi connectivity index (χ1) is 16.9. The molecule has 180 valence electrons. The number of H-pyrrole nitrogens is 1. The van der Waals surface area contributed by atoms with Gasteiger partial charge in [-0.1, -0.05) is 6.07 Å². The summed E-state index contributed by atoms with van der Waals surface area (Å²) in [6.07, 6.45) is 11.0. The lowest BCUT2D eigenvalue weighted by Gasteiger charge is -2.28. The van der Waals surface area contributed by atoms with Gasteiger partial charge in [0.05, 0.1) is 41.7 Å². The largest absolute Gasteiger partial charge is 0.370 e. The van der Waals surface area contributed by atoms with Crippen LogP contribution in [0.1, 0.15) is 29.8 Å². The Morgan fingerprint density at radius 1 is 1.00 bits per heavy atom. The number of hydrogen-bond acceptors (Lipinski definition) is 8. The average Bonchev–Trinajstić information content (AvgIpc) is 3.28. The number of aromatic amines is 1. The molecule has 3 N–H and O–H groups in total. The molecule has 0 bridgehead atoms. The second kappa shape index (κ2) is 9.29. The maximum absolute atomic E-state index is 12.9. The Hall–Kier alpha value is -4.06. The van der Waals surface area contributed by atoms with Crippen molar-refractivity contribution in [2.24, 2.45) is 0 Å². The van der Waals surface area contributed by atoms with Crippen LogP contribution in [0.2, 0.25) is 0 Å². The number of amides is 1. The third kappa shape index (κ3) is 5.22. The summed E-state index contributed by atoms with van der Waals surface area (Å²) in [5.74, 6) is -0.526. The maximum atomic E-state index is 12.9. The van der Waals surface area contributed by atoms with Crippen molar-refractivity contribution in [1.82, 2.24) is 25.1 Å². The summed E-state index contributed by atoms with van der Waals surface area (Å²) in [7, 11) is -3.49. The lowest BCUT2D eigenvalue weighted by atomic mass is 10.0. The highest BCUT2D eigenvalue weighted by Crippen LogP contribution is 2.29. The number of anilines is 3. The van der Waals surface area contributed by atoms with E-state index in [1.807, 2.05) is 30.6 Å². The van der Waals surface area contributed by atoms with Crippen molar-refractivity contribution < 1.29 is 13.2 Å². The first kappa shape index (κ1) is 22.7. The lowest BCUT2D eigenvalue weighted by Crippen LogP contribution is -2.29. The Morgan fingerprint density at radius 2 is 1.77 bits per heavy atom. The summed E-state index contributed by atoms with van der Waals surface area (Å²) in [4.78, 5) is 27.5. The van der Waals surface area contributed by atoms with Gasteiger partial charge in [-0.15, -0.1) is 0 Å². The highest BCUT2D eigenvalue weighted by atomic mass is 32.2. The monoisotopic (exact) mass is 492 g/mol. The second-order valence-electron chi connectivity index (χ2n) is 8.44. The molecule has 12 heteroatoms. The fourth-order valence-corrected chi connectivity index (χ4v) is 4.52. The Bertz CT molecular complexity index is 1480.